The molecule has 44 heavy (non-hydrogen) atoms. The highest BCUT2D eigenvalue weighted by atomic mass is 28.3. The number of methoxy groups -OCH3 is 2. The zero-order valence-electron chi connectivity index (χ0n) is 27.3. The Morgan fingerprint density at radius 1 is 0.614 bits per heavy atom. The molecule has 0 fully saturated rings. The molecule has 2 aromatic carbocycles. The van der Waals surface area contributed by atoms with Gasteiger partial charge in [0.05, 0.1) is 23.0 Å². The van der Waals surface area contributed by atoms with E-state index in [0.717, 1.165) is 24.3 Å². The Kier molecular flexibility index (Phi) is 8.69. The SMILES string of the molecule is CCC1=CC2=C(C=CC=CC2c2ccc(OC)c(C)c2)C1[Si](C)C1C(CC)=CC2=C1C=CC=CC2c1ccc(OC)c(C)c1. The first-order valence-corrected chi connectivity index (χ1v) is 18.3. The molecular formula is C41H45O2Si. The molecule has 0 saturated carbocycles. The summed E-state index contributed by atoms with van der Waals surface area (Å²) in [6, 6.07) is 13.4. The fourth-order valence-electron chi connectivity index (χ4n) is 7.89. The molecular weight excluding hydrogens is 553 g/mol. The van der Waals surface area contributed by atoms with Crippen LogP contribution in [-0.4, -0.2) is 23.0 Å². The molecule has 0 heterocycles. The van der Waals surface area contributed by atoms with E-state index in [1.807, 2.05) is 0 Å². The van der Waals surface area contributed by atoms with Gasteiger partial charge < -0.3 is 9.47 Å². The fraction of sp³-hybridized carbons (Fsp3) is 0.317. The summed E-state index contributed by atoms with van der Waals surface area (Å²) < 4.78 is 11.2. The molecule has 2 aromatic rings. The second kappa shape index (κ2) is 12.7. The number of rotatable bonds is 8. The van der Waals surface area contributed by atoms with Crippen molar-refractivity contribution in [2.45, 2.75) is 70.0 Å². The van der Waals surface area contributed by atoms with Crippen molar-refractivity contribution < 1.29 is 9.47 Å². The van der Waals surface area contributed by atoms with Crippen LogP contribution in [0.3, 0.4) is 0 Å². The first-order chi connectivity index (χ1) is 21.4. The second-order valence-corrected chi connectivity index (χ2v) is 15.1. The predicted octanol–water partition coefficient (Wildman–Crippen LogP) is 10.6. The highest BCUT2D eigenvalue weighted by Gasteiger charge is 2.42. The van der Waals surface area contributed by atoms with Crippen molar-refractivity contribution in [2.75, 3.05) is 14.2 Å². The highest BCUT2D eigenvalue weighted by Crippen LogP contribution is 2.55. The van der Waals surface area contributed by atoms with Gasteiger partial charge in [-0.3, -0.25) is 0 Å². The minimum absolute atomic E-state index is 0.246. The van der Waals surface area contributed by atoms with Gasteiger partial charge in [0.2, 0.25) is 0 Å². The van der Waals surface area contributed by atoms with E-state index >= 15 is 0 Å². The number of ether oxygens (including phenoxy) is 2. The molecule has 225 valence electrons. The largest absolute Gasteiger partial charge is 0.496 e. The summed E-state index contributed by atoms with van der Waals surface area (Å²) in [5.41, 5.74) is 15.2. The smallest absolute Gasteiger partial charge is 0.121 e. The monoisotopic (exact) mass is 597 g/mol. The van der Waals surface area contributed by atoms with Crippen molar-refractivity contribution >= 4 is 8.80 Å². The molecule has 0 aromatic heterocycles. The highest BCUT2D eigenvalue weighted by molar-refractivity contribution is 6.64. The quantitative estimate of drug-likeness (QED) is 0.282. The Labute approximate surface area is 266 Å². The van der Waals surface area contributed by atoms with Crippen molar-refractivity contribution in [3.05, 3.63) is 153 Å². The lowest BCUT2D eigenvalue weighted by atomic mass is 9.88. The van der Waals surface area contributed by atoms with Crippen LogP contribution in [0.2, 0.25) is 17.6 Å². The average molecular weight is 598 g/mol. The van der Waals surface area contributed by atoms with Gasteiger partial charge in [-0.25, -0.2) is 0 Å². The van der Waals surface area contributed by atoms with Gasteiger partial charge in [0.25, 0.3) is 0 Å². The molecule has 4 unspecified atom stereocenters. The van der Waals surface area contributed by atoms with Gasteiger partial charge >= 0.3 is 0 Å². The maximum absolute atomic E-state index is 5.59. The van der Waals surface area contributed by atoms with Gasteiger partial charge in [0.15, 0.2) is 0 Å². The fourth-order valence-corrected chi connectivity index (χ4v) is 11.5. The van der Waals surface area contributed by atoms with Crippen LogP contribution < -0.4 is 9.47 Å². The molecule has 0 aliphatic heterocycles. The maximum atomic E-state index is 5.59. The van der Waals surface area contributed by atoms with Gasteiger partial charge in [-0.15, -0.1) is 0 Å². The molecule has 0 bridgehead atoms. The second-order valence-electron chi connectivity index (χ2n) is 12.5. The molecule has 0 saturated heterocycles. The van der Waals surface area contributed by atoms with Crippen molar-refractivity contribution in [2.24, 2.45) is 0 Å². The van der Waals surface area contributed by atoms with Gasteiger partial charge in [0, 0.05) is 11.8 Å². The van der Waals surface area contributed by atoms with E-state index in [-0.39, 0.29) is 11.8 Å². The van der Waals surface area contributed by atoms with Gasteiger partial charge in [-0.05, 0) is 94.5 Å². The predicted molar refractivity (Wildman–Crippen MR) is 187 cm³/mol. The summed E-state index contributed by atoms with van der Waals surface area (Å²) in [7, 11) is 2.57. The first-order valence-electron chi connectivity index (χ1n) is 16.1. The molecule has 1 radical (unpaired) electrons. The third-order valence-corrected chi connectivity index (χ3v) is 13.2. The van der Waals surface area contributed by atoms with Crippen LogP contribution >= 0.6 is 0 Å². The van der Waals surface area contributed by atoms with Gasteiger partial charge in [-0.2, -0.15) is 0 Å². The molecule has 4 aliphatic rings. The molecule has 0 spiro atoms. The number of allylic oxidation sites excluding steroid dienone is 16. The number of aryl methyl sites for hydroxylation is 2. The number of hydrogen-bond acceptors (Lipinski definition) is 2. The molecule has 0 amide bonds. The topological polar surface area (TPSA) is 18.5 Å². The van der Waals surface area contributed by atoms with E-state index in [2.05, 4.69) is 131 Å². The van der Waals surface area contributed by atoms with Crippen molar-refractivity contribution in [3.63, 3.8) is 0 Å². The van der Waals surface area contributed by atoms with Crippen LogP contribution in [0.25, 0.3) is 0 Å². The summed E-state index contributed by atoms with van der Waals surface area (Å²) >= 11 is 0. The molecule has 0 N–H and O–H groups in total. The minimum Gasteiger partial charge on any atom is -0.496 e. The van der Waals surface area contributed by atoms with Crippen LogP contribution in [-0.2, 0) is 0 Å². The first kappa shape index (κ1) is 30.2. The summed E-state index contributed by atoms with van der Waals surface area (Å²) in [5.74, 6) is 2.39. The minimum atomic E-state index is -0.932. The zero-order chi connectivity index (χ0) is 31.0. The van der Waals surface area contributed by atoms with E-state index in [1.54, 1.807) is 25.4 Å². The number of hydrogen-bond donors (Lipinski definition) is 0. The average Bonchev–Trinajstić information content (AvgIpc) is 3.42. The van der Waals surface area contributed by atoms with Crippen LogP contribution in [0.5, 0.6) is 11.5 Å². The Hall–Kier alpha value is -3.82. The summed E-state index contributed by atoms with van der Waals surface area (Å²) in [4.78, 5) is 0. The Morgan fingerprint density at radius 3 is 1.41 bits per heavy atom. The van der Waals surface area contributed by atoms with Gasteiger partial charge in [-0.1, -0.05) is 117 Å². The van der Waals surface area contributed by atoms with Crippen LogP contribution in [0.15, 0.2) is 131 Å². The zero-order valence-corrected chi connectivity index (χ0v) is 28.3. The van der Waals surface area contributed by atoms with Crippen LogP contribution in [0.4, 0.5) is 0 Å². The van der Waals surface area contributed by atoms with E-state index < -0.39 is 8.80 Å². The number of benzene rings is 2. The van der Waals surface area contributed by atoms with E-state index in [1.165, 1.54) is 44.5 Å². The lowest BCUT2D eigenvalue weighted by Crippen LogP contribution is -2.26. The molecule has 3 heteroatoms. The third-order valence-electron chi connectivity index (χ3n) is 10.0. The summed E-state index contributed by atoms with van der Waals surface area (Å²) in [6.45, 7) is 11.6. The Balaban J connectivity index is 1.41. The molecule has 4 atom stereocenters. The Bertz CT molecular complexity index is 1580. The van der Waals surface area contributed by atoms with Crippen molar-refractivity contribution in [1.29, 1.82) is 0 Å². The summed E-state index contributed by atoms with van der Waals surface area (Å²) in [5, 5.41) is 0. The maximum Gasteiger partial charge on any atom is 0.121 e. The molecule has 2 nitrogen and oxygen atoms in total. The van der Waals surface area contributed by atoms with Crippen LogP contribution in [0, 0.1) is 13.8 Å². The standard InChI is InChI=1S/C41H45O2Si/c1-8-28-24-36-32(30-18-20-38(42-5)26(3)22-30)14-10-12-16-34(36)40(28)44(7)41-29(9-2)25-37-33(15-11-13-17-35(37)41)31-19-21-39(43-6)27(4)23-31/h10-25,32-33,40-41H,8-9H2,1-7H3. The van der Waals surface area contributed by atoms with E-state index in [0.29, 0.717) is 11.1 Å². The molecule has 4 aliphatic carbocycles. The molecule has 6 rings (SSSR count). The van der Waals surface area contributed by atoms with E-state index in [4.69, 9.17) is 9.47 Å². The van der Waals surface area contributed by atoms with E-state index in [9.17, 15) is 0 Å². The van der Waals surface area contributed by atoms with Gasteiger partial charge in [0.1, 0.15) is 11.5 Å². The van der Waals surface area contributed by atoms with Crippen LogP contribution in [0.1, 0.15) is 60.8 Å². The normalized spacial score (nSPS) is 23.9. The lowest BCUT2D eigenvalue weighted by Gasteiger charge is -2.31. The summed E-state index contributed by atoms with van der Waals surface area (Å²) in [6.07, 6.45) is 25.9. The van der Waals surface area contributed by atoms with Crippen molar-refractivity contribution in [1.82, 2.24) is 0 Å². The third kappa shape index (κ3) is 5.26. The Morgan fingerprint density at radius 2 is 1.05 bits per heavy atom. The van der Waals surface area contributed by atoms with Crippen molar-refractivity contribution in [3.8, 4) is 11.5 Å². The lowest BCUT2D eigenvalue weighted by molar-refractivity contribution is 0.411.